The summed E-state index contributed by atoms with van der Waals surface area (Å²) < 4.78 is 15.0. The molecule has 2 rings (SSSR count). The van der Waals surface area contributed by atoms with Crippen LogP contribution in [0.5, 0.6) is 11.5 Å². The number of hydrogen-bond donors (Lipinski definition) is 0. The minimum Gasteiger partial charge on any atom is -0.493 e. The van der Waals surface area contributed by atoms with Gasteiger partial charge in [0.15, 0.2) is 18.1 Å². The topological polar surface area (TPSA) is 132 Å². The maximum atomic E-state index is 12.4. The lowest BCUT2D eigenvalue weighted by Gasteiger charge is -2.19. The molecule has 0 bridgehead atoms. The third kappa shape index (κ3) is 4.98. The highest BCUT2D eigenvalue weighted by Crippen LogP contribution is 2.34. The monoisotopic (exact) mass is 399 g/mol. The van der Waals surface area contributed by atoms with Gasteiger partial charge in [-0.25, -0.2) is 4.79 Å². The van der Waals surface area contributed by atoms with Gasteiger partial charge in [0.25, 0.3) is 11.6 Å². The summed E-state index contributed by atoms with van der Waals surface area (Å²) in [6.07, 6.45) is 0. The van der Waals surface area contributed by atoms with Gasteiger partial charge in [-0.05, 0) is 12.1 Å². The SMILES string of the molecule is COc1cc(C(=O)OCC(=O)N(CC#N)c2ccccc2)c([N+](=O)[O-])cc1OC. The molecule has 0 aliphatic carbocycles. The molecule has 0 aliphatic heterocycles. The van der Waals surface area contributed by atoms with Crippen LogP contribution in [0.25, 0.3) is 0 Å². The van der Waals surface area contributed by atoms with E-state index in [9.17, 15) is 19.7 Å². The minimum absolute atomic E-state index is 0.0658. The van der Waals surface area contributed by atoms with Gasteiger partial charge in [0, 0.05) is 11.8 Å². The summed E-state index contributed by atoms with van der Waals surface area (Å²) in [4.78, 5) is 36.5. The van der Waals surface area contributed by atoms with E-state index in [2.05, 4.69) is 0 Å². The first-order valence-electron chi connectivity index (χ1n) is 8.22. The molecule has 0 aliphatic rings. The number of anilines is 1. The Morgan fingerprint density at radius 1 is 1.14 bits per heavy atom. The number of amides is 1. The van der Waals surface area contributed by atoms with E-state index < -0.39 is 34.7 Å². The van der Waals surface area contributed by atoms with Gasteiger partial charge in [0.05, 0.1) is 31.3 Å². The van der Waals surface area contributed by atoms with Crippen molar-refractivity contribution >= 4 is 23.3 Å². The van der Waals surface area contributed by atoms with Crippen molar-refractivity contribution in [3.8, 4) is 17.6 Å². The Morgan fingerprint density at radius 2 is 1.76 bits per heavy atom. The predicted molar refractivity (Wildman–Crippen MR) is 101 cm³/mol. The Morgan fingerprint density at radius 3 is 2.31 bits per heavy atom. The van der Waals surface area contributed by atoms with Crippen LogP contribution in [-0.4, -0.2) is 44.2 Å². The molecule has 29 heavy (non-hydrogen) atoms. The normalized spacial score (nSPS) is 9.83. The summed E-state index contributed by atoms with van der Waals surface area (Å²) in [6, 6.07) is 12.4. The number of nitriles is 1. The van der Waals surface area contributed by atoms with E-state index in [4.69, 9.17) is 19.5 Å². The molecule has 2 aromatic rings. The number of carbonyl (C=O) groups is 2. The van der Waals surface area contributed by atoms with E-state index in [1.165, 1.54) is 14.2 Å². The summed E-state index contributed by atoms with van der Waals surface area (Å²) in [5, 5.41) is 20.3. The Hall–Kier alpha value is -4.13. The number of rotatable bonds is 8. The molecule has 0 radical (unpaired) electrons. The second kappa shape index (κ2) is 9.70. The van der Waals surface area contributed by atoms with E-state index in [1.54, 1.807) is 30.3 Å². The van der Waals surface area contributed by atoms with E-state index in [1.807, 2.05) is 6.07 Å². The third-order valence-corrected chi connectivity index (χ3v) is 3.84. The van der Waals surface area contributed by atoms with Crippen molar-refractivity contribution in [1.82, 2.24) is 0 Å². The average molecular weight is 399 g/mol. The van der Waals surface area contributed by atoms with Gasteiger partial charge in [0.1, 0.15) is 12.1 Å². The highest BCUT2D eigenvalue weighted by molar-refractivity contribution is 5.99. The van der Waals surface area contributed by atoms with Crippen molar-refractivity contribution < 1.29 is 28.7 Å². The molecule has 1 amide bonds. The Balaban J connectivity index is 2.22. The molecule has 0 heterocycles. The molecule has 0 spiro atoms. The fourth-order valence-electron chi connectivity index (χ4n) is 2.47. The van der Waals surface area contributed by atoms with Crippen LogP contribution in [0.15, 0.2) is 42.5 Å². The third-order valence-electron chi connectivity index (χ3n) is 3.84. The molecule has 0 unspecified atom stereocenters. The van der Waals surface area contributed by atoms with Crippen LogP contribution in [-0.2, 0) is 9.53 Å². The van der Waals surface area contributed by atoms with E-state index in [0.29, 0.717) is 5.69 Å². The summed E-state index contributed by atoms with van der Waals surface area (Å²) in [7, 11) is 2.60. The number of methoxy groups -OCH3 is 2. The number of benzene rings is 2. The van der Waals surface area contributed by atoms with Crippen molar-refractivity contribution in [3.63, 3.8) is 0 Å². The molecule has 10 heteroatoms. The highest BCUT2D eigenvalue weighted by atomic mass is 16.6. The molecular weight excluding hydrogens is 382 g/mol. The molecular formula is C19H17N3O7. The predicted octanol–water partition coefficient (Wildman–Crippen LogP) is 2.33. The number of hydrogen-bond acceptors (Lipinski definition) is 8. The van der Waals surface area contributed by atoms with Gasteiger partial charge in [-0.1, -0.05) is 18.2 Å². The van der Waals surface area contributed by atoms with Crippen LogP contribution in [0.1, 0.15) is 10.4 Å². The van der Waals surface area contributed by atoms with Gasteiger partial charge in [0.2, 0.25) is 0 Å². The van der Waals surface area contributed by atoms with Crippen molar-refractivity contribution in [2.24, 2.45) is 0 Å². The van der Waals surface area contributed by atoms with Crippen LogP contribution in [0.3, 0.4) is 0 Å². The Labute approximate surface area is 166 Å². The maximum absolute atomic E-state index is 12.4. The zero-order valence-electron chi connectivity index (χ0n) is 15.7. The van der Waals surface area contributed by atoms with E-state index in [-0.39, 0.29) is 18.0 Å². The molecule has 2 aromatic carbocycles. The zero-order valence-corrected chi connectivity index (χ0v) is 15.7. The first-order chi connectivity index (χ1) is 13.9. The van der Waals surface area contributed by atoms with Crippen LogP contribution >= 0.6 is 0 Å². The average Bonchev–Trinajstić information content (AvgIpc) is 2.74. The van der Waals surface area contributed by atoms with Crippen LogP contribution in [0, 0.1) is 21.4 Å². The summed E-state index contributed by atoms with van der Waals surface area (Å²) in [5.74, 6) is -1.59. The molecule has 0 fully saturated rings. The fourth-order valence-corrected chi connectivity index (χ4v) is 2.47. The largest absolute Gasteiger partial charge is 0.493 e. The van der Waals surface area contributed by atoms with Crippen molar-refractivity contribution in [3.05, 3.63) is 58.1 Å². The number of nitro benzene ring substituents is 1. The van der Waals surface area contributed by atoms with Crippen LogP contribution in [0.2, 0.25) is 0 Å². The summed E-state index contributed by atoms with van der Waals surface area (Å²) in [5.41, 5.74) is -0.503. The molecule has 0 aromatic heterocycles. The number of carbonyl (C=O) groups excluding carboxylic acids is 2. The lowest BCUT2D eigenvalue weighted by atomic mass is 10.1. The van der Waals surface area contributed by atoms with Gasteiger partial charge >= 0.3 is 5.97 Å². The molecule has 10 nitrogen and oxygen atoms in total. The number of ether oxygens (including phenoxy) is 3. The quantitative estimate of drug-likeness (QED) is 0.286. The van der Waals surface area contributed by atoms with Gasteiger partial charge in [-0.15, -0.1) is 0 Å². The first-order valence-corrected chi connectivity index (χ1v) is 8.22. The molecule has 0 saturated carbocycles. The highest BCUT2D eigenvalue weighted by Gasteiger charge is 2.27. The van der Waals surface area contributed by atoms with E-state index >= 15 is 0 Å². The second-order valence-corrected chi connectivity index (χ2v) is 5.53. The lowest BCUT2D eigenvalue weighted by Crippen LogP contribution is -2.35. The Bertz CT molecular complexity index is 954. The number of nitro groups is 1. The second-order valence-electron chi connectivity index (χ2n) is 5.53. The van der Waals surface area contributed by atoms with Gasteiger partial charge < -0.3 is 14.2 Å². The molecule has 0 saturated heterocycles. The lowest BCUT2D eigenvalue weighted by molar-refractivity contribution is -0.385. The van der Waals surface area contributed by atoms with Gasteiger partial charge in [-0.2, -0.15) is 5.26 Å². The summed E-state index contributed by atoms with van der Waals surface area (Å²) in [6.45, 7) is -0.961. The smallest absolute Gasteiger partial charge is 0.345 e. The molecule has 0 N–H and O–H groups in total. The molecule has 0 atom stereocenters. The number of nitrogens with zero attached hydrogens (tertiary/aromatic N) is 3. The number of esters is 1. The number of para-hydroxylation sites is 1. The van der Waals surface area contributed by atoms with Crippen LogP contribution < -0.4 is 14.4 Å². The van der Waals surface area contributed by atoms with Crippen LogP contribution in [0.4, 0.5) is 11.4 Å². The van der Waals surface area contributed by atoms with Crippen molar-refractivity contribution in [1.29, 1.82) is 5.26 Å². The maximum Gasteiger partial charge on any atom is 0.345 e. The first kappa shape index (κ1) is 21.2. The molecule has 150 valence electrons. The minimum atomic E-state index is -1.09. The van der Waals surface area contributed by atoms with Crippen molar-refractivity contribution in [2.45, 2.75) is 0 Å². The summed E-state index contributed by atoms with van der Waals surface area (Å²) >= 11 is 0. The standard InChI is InChI=1S/C19H17N3O7/c1-27-16-10-14(15(22(25)26)11-17(16)28-2)19(24)29-12-18(23)21(9-8-20)13-6-4-3-5-7-13/h3-7,10-11H,9,12H2,1-2H3. The van der Waals surface area contributed by atoms with E-state index in [0.717, 1.165) is 17.0 Å². The van der Waals surface area contributed by atoms with Crippen molar-refractivity contribution in [2.75, 3.05) is 32.3 Å². The fraction of sp³-hybridized carbons (Fsp3) is 0.211. The Kier molecular flexibility index (Phi) is 7.08. The zero-order chi connectivity index (χ0) is 21.4. The van der Waals surface area contributed by atoms with Gasteiger partial charge in [-0.3, -0.25) is 19.8 Å².